The molecule has 0 amide bonds. The Bertz CT molecular complexity index is 1100. The minimum Gasteiger partial charge on any atom is -0.481 e. The van der Waals surface area contributed by atoms with E-state index in [-0.39, 0.29) is 17.9 Å². The van der Waals surface area contributed by atoms with Crippen molar-refractivity contribution in [2.45, 2.75) is 30.7 Å². The van der Waals surface area contributed by atoms with Crippen LogP contribution in [0.15, 0.2) is 66.1 Å². The van der Waals surface area contributed by atoms with Crippen LogP contribution in [-0.4, -0.2) is 35.6 Å². The number of aromatic nitrogens is 2. The van der Waals surface area contributed by atoms with Crippen LogP contribution >= 0.6 is 0 Å². The number of imidazole rings is 1. The number of hydrogen-bond donors (Lipinski definition) is 2. The molecule has 1 aromatic heterocycles. The first-order chi connectivity index (χ1) is 14.3. The second-order valence-corrected chi connectivity index (χ2v) is 8.66. The highest BCUT2D eigenvalue weighted by Crippen LogP contribution is 2.15. The minimum atomic E-state index is -3.74. The lowest BCUT2D eigenvalue weighted by atomic mass is 10.0. The van der Waals surface area contributed by atoms with Gasteiger partial charge in [-0.2, -0.15) is 0 Å². The number of benzene rings is 2. The van der Waals surface area contributed by atoms with E-state index in [2.05, 4.69) is 9.71 Å². The first kappa shape index (κ1) is 21.7. The summed E-state index contributed by atoms with van der Waals surface area (Å²) >= 11 is 0. The van der Waals surface area contributed by atoms with Gasteiger partial charge in [-0.1, -0.05) is 18.2 Å². The molecule has 3 aromatic rings. The Labute approximate surface area is 174 Å². The molecule has 3 rings (SSSR count). The standard InChI is InChI=1S/C21H22FN3O4S/c22-19-2-4-20(5-3-19)30(28,29)24-8-7-17-11-16(1-6-21(26)27)12-18(13-17)14-25-10-9-23-15-25/h2-5,9-13,15,24H,1,6-8,14H2,(H,26,27). The molecule has 0 aliphatic carbocycles. The lowest BCUT2D eigenvalue weighted by Crippen LogP contribution is -2.26. The van der Waals surface area contributed by atoms with Gasteiger partial charge in [0.2, 0.25) is 10.0 Å². The van der Waals surface area contributed by atoms with Crippen molar-refractivity contribution >= 4 is 16.0 Å². The first-order valence-electron chi connectivity index (χ1n) is 9.36. The summed E-state index contributed by atoms with van der Waals surface area (Å²) in [4.78, 5) is 14.9. The maximum absolute atomic E-state index is 13.0. The van der Waals surface area contributed by atoms with Crippen LogP contribution in [0, 0.1) is 5.82 Å². The molecule has 0 aliphatic rings. The fourth-order valence-electron chi connectivity index (χ4n) is 3.09. The molecule has 1 heterocycles. The summed E-state index contributed by atoms with van der Waals surface area (Å²) in [5.41, 5.74) is 2.76. The number of sulfonamides is 1. The van der Waals surface area contributed by atoms with E-state index < -0.39 is 21.8 Å². The average molecular weight is 431 g/mol. The summed E-state index contributed by atoms with van der Waals surface area (Å²) in [5.74, 6) is -1.37. The number of aryl methyl sites for hydroxylation is 1. The summed E-state index contributed by atoms with van der Waals surface area (Å²) in [5, 5.41) is 8.96. The molecule has 30 heavy (non-hydrogen) atoms. The highest BCUT2D eigenvalue weighted by atomic mass is 32.2. The van der Waals surface area contributed by atoms with E-state index in [4.69, 9.17) is 5.11 Å². The molecular formula is C21H22FN3O4S. The number of carboxylic acid groups (broad SMARTS) is 1. The molecule has 9 heteroatoms. The third kappa shape index (κ3) is 6.23. The number of carbonyl (C=O) groups is 1. The molecule has 0 spiro atoms. The zero-order chi connectivity index (χ0) is 21.6. The quantitative estimate of drug-likeness (QED) is 0.514. The number of rotatable bonds is 10. The maximum Gasteiger partial charge on any atom is 0.303 e. The number of halogens is 1. The van der Waals surface area contributed by atoms with Gasteiger partial charge in [0, 0.05) is 31.9 Å². The Kier molecular flexibility index (Phi) is 6.96. The van der Waals surface area contributed by atoms with Gasteiger partial charge < -0.3 is 9.67 Å². The molecule has 0 atom stereocenters. The molecule has 158 valence electrons. The largest absolute Gasteiger partial charge is 0.481 e. The van der Waals surface area contributed by atoms with E-state index in [1.165, 1.54) is 12.1 Å². The molecule has 0 unspecified atom stereocenters. The number of carboxylic acids is 1. The van der Waals surface area contributed by atoms with Gasteiger partial charge in [0.25, 0.3) is 0 Å². The Balaban J connectivity index is 1.70. The van der Waals surface area contributed by atoms with Crippen LogP contribution in [-0.2, 0) is 34.2 Å². The maximum atomic E-state index is 13.0. The van der Waals surface area contributed by atoms with E-state index in [9.17, 15) is 17.6 Å². The second kappa shape index (κ2) is 9.64. The van der Waals surface area contributed by atoms with Crippen LogP contribution in [0.1, 0.15) is 23.1 Å². The predicted octanol–water partition coefficient (Wildman–Crippen LogP) is 2.61. The van der Waals surface area contributed by atoms with Gasteiger partial charge in [0.05, 0.1) is 11.2 Å². The average Bonchev–Trinajstić information content (AvgIpc) is 3.19. The summed E-state index contributed by atoms with van der Waals surface area (Å²) in [6.07, 6.45) is 6.05. The monoisotopic (exact) mass is 431 g/mol. The van der Waals surface area contributed by atoms with Gasteiger partial charge in [0.1, 0.15) is 5.82 Å². The Hall–Kier alpha value is -3.04. The van der Waals surface area contributed by atoms with Crippen molar-refractivity contribution < 1.29 is 22.7 Å². The Morgan fingerprint density at radius 3 is 2.37 bits per heavy atom. The Morgan fingerprint density at radius 1 is 1.07 bits per heavy atom. The zero-order valence-electron chi connectivity index (χ0n) is 16.2. The Morgan fingerprint density at radius 2 is 1.73 bits per heavy atom. The van der Waals surface area contributed by atoms with Crippen molar-refractivity contribution in [1.82, 2.24) is 14.3 Å². The highest BCUT2D eigenvalue weighted by Gasteiger charge is 2.13. The van der Waals surface area contributed by atoms with E-state index >= 15 is 0 Å². The fourth-order valence-corrected chi connectivity index (χ4v) is 4.12. The van der Waals surface area contributed by atoms with Crippen LogP contribution in [0.4, 0.5) is 4.39 Å². The van der Waals surface area contributed by atoms with Gasteiger partial charge >= 0.3 is 5.97 Å². The molecule has 0 saturated carbocycles. The summed E-state index contributed by atoms with van der Waals surface area (Å²) in [6, 6.07) is 10.4. The molecule has 0 bridgehead atoms. The summed E-state index contributed by atoms with van der Waals surface area (Å²) in [7, 11) is -3.74. The topological polar surface area (TPSA) is 101 Å². The molecule has 7 nitrogen and oxygen atoms in total. The van der Waals surface area contributed by atoms with Crippen molar-refractivity contribution in [3.63, 3.8) is 0 Å². The van der Waals surface area contributed by atoms with Gasteiger partial charge in [-0.3, -0.25) is 4.79 Å². The summed E-state index contributed by atoms with van der Waals surface area (Å²) in [6.45, 7) is 0.738. The minimum absolute atomic E-state index is 0.0000873. The number of hydrogen-bond acceptors (Lipinski definition) is 4. The van der Waals surface area contributed by atoms with Crippen molar-refractivity contribution in [2.75, 3.05) is 6.54 Å². The SMILES string of the molecule is O=C(O)CCc1cc(CCNS(=O)(=O)c2ccc(F)cc2)cc(Cn2ccnc2)c1. The predicted molar refractivity (Wildman–Crippen MR) is 109 cm³/mol. The highest BCUT2D eigenvalue weighted by molar-refractivity contribution is 7.89. The van der Waals surface area contributed by atoms with Crippen LogP contribution < -0.4 is 4.72 Å². The van der Waals surface area contributed by atoms with Crippen molar-refractivity contribution in [3.05, 3.63) is 83.7 Å². The van der Waals surface area contributed by atoms with Gasteiger partial charge in [-0.15, -0.1) is 0 Å². The number of aliphatic carboxylic acids is 1. The third-order valence-electron chi connectivity index (χ3n) is 4.49. The van der Waals surface area contributed by atoms with Gasteiger partial charge in [-0.25, -0.2) is 22.5 Å². The van der Waals surface area contributed by atoms with Gasteiger partial charge in [-0.05, 0) is 53.8 Å². The summed E-state index contributed by atoms with van der Waals surface area (Å²) < 4.78 is 42.1. The lowest BCUT2D eigenvalue weighted by molar-refractivity contribution is -0.136. The lowest BCUT2D eigenvalue weighted by Gasteiger charge is -2.11. The van der Waals surface area contributed by atoms with Gasteiger partial charge in [0.15, 0.2) is 0 Å². The van der Waals surface area contributed by atoms with Crippen LogP contribution in [0.3, 0.4) is 0 Å². The molecule has 0 aliphatic heterocycles. The van der Waals surface area contributed by atoms with Crippen molar-refractivity contribution in [1.29, 1.82) is 0 Å². The van der Waals surface area contributed by atoms with Crippen LogP contribution in [0.2, 0.25) is 0 Å². The zero-order valence-corrected chi connectivity index (χ0v) is 17.0. The van der Waals surface area contributed by atoms with Crippen LogP contribution in [0.25, 0.3) is 0 Å². The smallest absolute Gasteiger partial charge is 0.303 e. The molecule has 2 aromatic carbocycles. The number of nitrogens with zero attached hydrogens (tertiary/aromatic N) is 2. The molecule has 0 saturated heterocycles. The van der Waals surface area contributed by atoms with E-state index in [1.807, 2.05) is 29.0 Å². The number of nitrogens with one attached hydrogen (secondary N) is 1. The fraction of sp³-hybridized carbons (Fsp3) is 0.238. The molecule has 0 radical (unpaired) electrons. The first-order valence-corrected chi connectivity index (χ1v) is 10.8. The van der Waals surface area contributed by atoms with E-state index in [0.29, 0.717) is 19.4 Å². The van der Waals surface area contributed by atoms with E-state index in [0.717, 1.165) is 28.8 Å². The normalized spacial score (nSPS) is 11.5. The molecule has 0 fully saturated rings. The van der Waals surface area contributed by atoms with Crippen LogP contribution in [0.5, 0.6) is 0 Å². The molecule has 2 N–H and O–H groups in total. The van der Waals surface area contributed by atoms with Crippen molar-refractivity contribution in [3.8, 4) is 0 Å². The van der Waals surface area contributed by atoms with E-state index in [1.54, 1.807) is 12.5 Å². The third-order valence-corrected chi connectivity index (χ3v) is 5.97. The molecular weight excluding hydrogens is 409 g/mol. The van der Waals surface area contributed by atoms with Crippen molar-refractivity contribution in [2.24, 2.45) is 0 Å². The second-order valence-electron chi connectivity index (χ2n) is 6.89.